The molecule has 1 aromatic heterocycles. The zero-order valence-electron chi connectivity index (χ0n) is 28.8. The number of hydrogen-bond acceptors (Lipinski definition) is 7. The number of imidazole rings is 1. The molecule has 1 N–H and O–H groups in total. The van der Waals surface area contributed by atoms with E-state index in [1.165, 1.54) is 0 Å². The first kappa shape index (κ1) is 35.7. The van der Waals surface area contributed by atoms with Crippen molar-refractivity contribution in [2.24, 2.45) is 5.41 Å². The number of benzene rings is 3. The van der Waals surface area contributed by atoms with Crippen molar-refractivity contribution in [1.29, 1.82) is 0 Å². The lowest BCUT2D eigenvalue weighted by atomic mass is 9.90. The molecule has 6 rings (SSSR count). The van der Waals surface area contributed by atoms with E-state index in [0.29, 0.717) is 60.0 Å². The standard InChI is InChI=1S/C38H42Cl2N4O6/c1-26(45)42-17-19-43(20-18-42)29-8-12-30(13-9-29)47-25-33(38(48-21-22-49-38)32-14-7-28(39)23-34(32)40)35-41-15-16-44(35)24-27-5-10-31(11-6-27)50-36(46)37(2,3)4/h5-16,23,33H,17-22,24-25H2,1-4H3/p+1. The van der Waals surface area contributed by atoms with E-state index in [-0.39, 0.29) is 18.5 Å². The van der Waals surface area contributed by atoms with Gasteiger partial charge in [0, 0.05) is 49.4 Å². The van der Waals surface area contributed by atoms with Crippen LogP contribution < -0.4 is 18.9 Å². The third kappa shape index (κ3) is 7.94. The number of piperazine rings is 1. The molecule has 2 fully saturated rings. The van der Waals surface area contributed by atoms with Gasteiger partial charge in [-0.25, -0.2) is 9.55 Å². The number of esters is 1. The summed E-state index contributed by atoms with van der Waals surface area (Å²) in [4.78, 5) is 31.7. The Hall–Kier alpha value is -4.09. The number of carbonyl (C=O) groups is 2. The van der Waals surface area contributed by atoms with Crippen LogP contribution in [-0.4, -0.2) is 67.8 Å². The van der Waals surface area contributed by atoms with Crippen molar-refractivity contribution < 1.29 is 33.1 Å². The molecule has 0 radical (unpaired) electrons. The molecule has 3 heterocycles. The molecule has 1 atom stereocenters. The topological polar surface area (TPSA) is 97.2 Å². The molecule has 264 valence electrons. The van der Waals surface area contributed by atoms with Crippen LogP contribution in [0.2, 0.25) is 10.0 Å². The van der Waals surface area contributed by atoms with Gasteiger partial charge in [-0.3, -0.25) is 9.59 Å². The molecular formula is C38H43Cl2N4O6+. The molecule has 2 aliphatic heterocycles. The second-order valence-electron chi connectivity index (χ2n) is 13.6. The molecular weight excluding hydrogens is 679 g/mol. The lowest BCUT2D eigenvalue weighted by molar-refractivity contribution is -0.697. The number of nitrogens with one attached hydrogen (secondary N) is 1. The summed E-state index contributed by atoms with van der Waals surface area (Å²) in [6, 6.07) is 20.8. The summed E-state index contributed by atoms with van der Waals surface area (Å²) >= 11 is 13.1. The van der Waals surface area contributed by atoms with E-state index in [4.69, 9.17) is 42.1 Å². The van der Waals surface area contributed by atoms with E-state index in [9.17, 15) is 9.59 Å². The highest BCUT2D eigenvalue weighted by Gasteiger charge is 2.52. The van der Waals surface area contributed by atoms with Gasteiger partial charge in [0.2, 0.25) is 11.7 Å². The number of hydrogen-bond donors (Lipinski definition) is 1. The molecule has 10 nitrogen and oxygen atoms in total. The molecule has 1 amide bonds. The van der Waals surface area contributed by atoms with Gasteiger partial charge in [0.1, 0.15) is 37.0 Å². The normalized spacial score (nSPS) is 16.7. The summed E-state index contributed by atoms with van der Waals surface area (Å²) < 4.78 is 27.1. The fourth-order valence-corrected chi connectivity index (χ4v) is 6.80. The van der Waals surface area contributed by atoms with Crippen molar-refractivity contribution in [1.82, 2.24) is 9.88 Å². The Morgan fingerprint density at radius 2 is 1.60 bits per heavy atom. The van der Waals surface area contributed by atoms with Gasteiger partial charge < -0.3 is 28.7 Å². The number of carbonyl (C=O) groups excluding carboxylic acids is 2. The first-order valence-corrected chi connectivity index (χ1v) is 17.5. The number of rotatable bonds is 10. The molecule has 1 unspecified atom stereocenters. The predicted octanol–water partition coefficient (Wildman–Crippen LogP) is 6.34. The quantitative estimate of drug-likeness (QED) is 0.116. The monoisotopic (exact) mass is 721 g/mol. The van der Waals surface area contributed by atoms with Crippen LogP contribution >= 0.6 is 23.2 Å². The molecule has 0 bridgehead atoms. The summed E-state index contributed by atoms with van der Waals surface area (Å²) in [5.74, 6) is 0.0420. The highest BCUT2D eigenvalue weighted by atomic mass is 35.5. The smallest absolute Gasteiger partial charge is 0.316 e. The van der Waals surface area contributed by atoms with E-state index >= 15 is 0 Å². The Morgan fingerprint density at radius 1 is 0.940 bits per heavy atom. The van der Waals surface area contributed by atoms with Crippen LogP contribution in [0.15, 0.2) is 79.1 Å². The third-order valence-corrected chi connectivity index (χ3v) is 9.60. The predicted molar refractivity (Wildman–Crippen MR) is 191 cm³/mol. The second kappa shape index (κ2) is 15.0. The molecule has 2 saturated heterocycles. The summed E-state index contributed by atoms with van der Waals surface area (Å²) in [6.45, 7) is 11.5. The minimum absolute atomic E-state index is 0.107. The van der Waals surface area contributed by atoms with Crippen molar-refractivity contribution in [2.45, 2.75) is 45.9 Å². The zero-order chi connectivity index (χ0) is 35.5. The van der Waals surface area contributed by atoms with E-state index in [1.54, 1.807) is 31.2 Å². The van der Waals surface area contributed by atoms with Crippen LogP contribution in [0.5, 0.6) is 11.5 Å². The van der Waals surface area contributed by atoms with Gasteiger partial charge in [-0.05, 0) is 74.9 Å². The van der Waals surface area contributed by atoms with Crippen LogP contribution in [0.3, 0.4) is 0 Å². The zero-order valence-corrected chi connectivity index (χ0v) is 30.3. The van der Waals surface area contributed by atoms with Crippen LogP contribution in [0.1, 0.15) is 50.6 Å². The fourth-order valence-electron chi connectivity index (χ4n) is 6.26. The molecule has 2 aliphatic rings. The van der Waals surface area contributed by atoms with Crippen LogP contribution in [0.25, 0.3) is 0 Å². The number of aromatic nitrogens is 2. The fraction of sp³-hybridized carbons (Fsp3) is 0.395. The van der Waals surface area contributed by atoms with Gasteiger partial charge in [0.15, 0.2) is 5.92 Å². The van der Waals surface area contributed by atoms with Crippen molar-refractivity contribution in [3.05, 3.63) is 106 Å². The van der Waals surface area contributed by atoms with Gasteiger partial charge in [-0.1, -0.05) is 41.4 Å². The minimum atomic E-state index is -1.27. The maximum Gasteiger partial charge on any atom is 0.316 e. The van der Waals surface area contributed by atoms with Crippen molar-refractivity contribution in [2.75, 3.05) is 50.9 Å². The molecule has 4 aromatic rings. The van der Waals surface area contributed by atoms with Crippen LogP contribution in [0.4, 0.5) is 5.69 Å². The molecule has 0 spiro atoms. The van der Waals surface area contributed by atoms with Gasteiger partial charge in [-0.15, -0.1) is 0 Å². The van der Waals surface area contributed by atoms with E-state index in [2.05, 4.69) is 14.5 Å². The van der Waals surface area contributed by atoms with Gasteiger partial charge in [0.05, 0.1) is 23.7 Å². The number of ether oxygens (including phenoxy) is 4. The molecule has 0 aliphatic carbocycles. The lowest BCUT2D eigenvalue weighted by Crippen LogP contribution is -2.48. The third-order valence-electron chi connectivity index (χ3n) is 9.05. The number of anilines is 1. The van der Waals surface area contributed by atoms with Crippen molar-refractivity contribution >= 4 is 40.8 Å². The number of nitrogens with zero attached hydrogens (tertiary/aromatic N) is 3. The summed E-state index contributed by atoms with van der Waals surface area (Å²) in [6.07, 6.45) is 3.83. The first-order valence-electron chi connectivity index (χ1n) is 16.8. The van der Waals surface area contributed by atoms with Crippen LogP contribution in [0, 0.1) is 5.41 Å². The lowest BCUT2D eigenvalue weighted by Gasteiger charge is -2.35. The second-order valence-corrected chi connectivity index (χ2v) is 14.4. The minimum Gasteiger partial charge on any atom is -0.492 e. The number of amides is 1. The maximum absolute atomic E-state index is 12.4. The Bertz CT molecular complexity index is 1790. The SMILES string of the molecule is CC(=O)N1CCN(c2ccc(OCC(c3[nH]cc[n+]3Cc3ccc(OC(=O)C(C)(C)C)cc3)C3(c4ccc(Cl)cc4Cl)OCCO3)cc2)CC1. The number of H-pyrrole nitrogens is 1. The van der Waals surface area contributed by atoms with Crippen molar-refractivity contribution in [3.8, 4) is 11.5 Å². The van der Waals surface area contributed by atoms with Gasteiger partial charge >= 0.3 is 5.97 Å². The Morgan fingerprint density at radius 3 is 2.22 bits per heavy atom. The average molecular weight is 723 g/mol. The van der Waals surface area contributed by atoms with Crippen LogP contribution in [-0.2, 0) is 31.4 Å². The molecule has 3 aromatic carbocycles. The highest BCUT2D eigenvalue weighted by Crippen LogP contribution is 2.46. The highest BCUT2D eigenvalue weighted by molar-refractivity contribution is 6.35. The maximum atomic E-state index is 12.4. The summed E-state index contributed by atoms with van der Waals surface area (Å²) in [5, 5.41) is 0.936. The molecule has 50 heavy (non-hydrogen) atoms. The van der Waals surface area contributed by atoms with Crippen molar-refractivity contribution in [3.63, 3.8) is 0 Å². The number of halogens is 2. The largest absolute Gasteiger partial charge is 0.492 e. The Balaban J connectivity index is 1.26. The van der Waals surface area contributed by atoms with E-state index < -0.39 is 17.1 Å². The molecule has 12 heteroatoms. The summed E-state index contributed by atoms with van der Waals surface area (Å²) in [5.41, 5.74) is 2.12. The Kier molecular flexibility index (Phi) is 10.7. The van der Waals surface area contributed by atoms with E-state index in [1.807, 2.05) is 80.5 Å². The van der Waals surface area contributed by atoms with Gasteiger partial charge in [-0.2, -0.15) is 0 Å². The average Bonchev–Trinajstić information content (AvgIpc) is 3.77. The summed E-state index contributed by atoms with van der Waals surface area (Å²) in [7, 11) is 0. The Labute approximate surface area is 302 Å². The molecule has 0 saturated carbocycles. The van der Waals surface area contributed by atoms with E-state index in [0.717, 1.165) is 30.2 Å². The van der Waals surface area contributed by atoms with Gasteiger partial charge in [0.25, 0.3) is 5.82 Å². The first-order chi connectivity index (χ1) is 23.9. The number of aromatic amines is 1.